The molecule has 0 aliphatic carbocycles. The molecule has 0 saturated heterocycles. The van der Waals surface area contributed by atoms with Crippen molar-refractivity contribution < 1.29 is 4.39 Å². The molecule has 0 unspecified atom stereocenters. The first-order chi connectivity index (χ1) is 8.60. The van der Waals surface area contributed by atoms with Crippen LogP contribution in [0.2, 0.25) is 0 Å². The summed E-state index contributed by atoms with van der Waals surface area (Å²) in [5.41, 5.74) is 7.38. The fraction of sp³-hybridized carbons (Fsp3) is 0.231. The van der Waals surface area contributed by atoms with Gasteiger partial charge in [0.25, 0.3) is 0 Å². The van der Waals surface area contributed by atoms with Gasteiger partial charge in [-0.25, -0.2) is 14.4 Å². The molecule has 0 radical (unpaired) electrons. The Morgan fingerprint density at radius 3 is 2.50 bits per heavy atom. The van der Waals surface area contributed by atoms with Crippen LogP contribution in [0.15, 0.2) is 24.3 Å². The average molecular weight is 246 g/mol. The number of nitrogens with zero attached hydrogens (tertiary/aromatic N) is 2. The second-order valence-corrected chi connectivity index (χ2v) is 3.98. The Morgan fingerprint density at radius 2 is 1.89 bits per heavy atom. The van der Waals surface area contributed by atoms with E-state index in [1.54, 1.807) is 12.1 Å². The Bertz CT molecular complexity index is 552. The molecule has 1 aromatic carbocycles. The molecule has 2 rings (SSSR count). The number of hydrogen-bond acceptors (Lipinski definition) is 4. The van der Waals surface area contributed by atoms with Gasteiger partial charge in [-0.3, -0.25) is 0 Å². The first-order valence-corrected chi connectivity index (χ1v) is 5.75. The van der Waals surface area contributed by atoms with Crippen LogP contribution >= 0.6 is 0 Å². The number of aromatic nitrogens is 2. The summed E-state index contributed by atoms with van der Waals surface area (Å²) in [5, 5.41) is 3.12. The van der Waals surface area contributed by atoms with Crippen LogP contribution in [0.1, 0.15) is 18.3 Å². The van der Waals surface area contributed by atoms with E-state index in [2.05, 4.69) is 15.3 Å². The number of anilines is 3. The zero-order valence-corrected chi connectivity index (χ0v) is 10.4. The second-order valence-electron chi connectivity index (χ2n) is 3.98. The molecule has 0 bridgehead atoms. The van der Waals surface area contributed by atoms with E-state index in [1.807, 2.05) is 13.8 Å². The van der Waals surface area contributed by atoms with Crippen LogP contribution in [0.25, 0.3) is 0 Å². The molecule has 5 heteroatoms. The smallest absolute Gasteiger partial charge is 0.139 e. The van der Waals surface area contributed by atoms with Crippen LogP contribution in [0.3, 0.4) is 0 Å². The Labute approximate surface area is 105 Å². The Kier molecular flexibility index (Phi) is 3.41. The first-order valence-electron chi connectivity index (χ1n) is 5.75. The maximum Gasteiger partial charge on any atom is 0.139 e. The van der Waals surface area contributed by atoms with E-state index in [-0.39, 0.29) is 5.82 Å². The van der Waals surface area contributed by atoms with E-state index in [4.69, 9.17) is 5.73 Å². The average Bonchev–Trinajstić information content (AvgIpc) is 2.37. The lowest BCUT2D eigenvalue weighted by Crippen LogP contribution is -2.06. The van der Waals surface area contributed by atoms with Gasteiger partial charge in [0.15, 0.2) is 0 Å². The first kappa shape index (κ1) is 12.3. The summed E-state index contributed by atoms with van der Waals surface area (Å²) >= 11 is 0. The van der Waals surface area contributed by atoms with Crippen LogP contribution in [-0.2, 0) is 6.42 Å². The van der Waals surface area contributed by atoms with Crippen LogP contribution < -0.4 is 11.1 Å². The maximum absolute atomic E-state index is 12.8. The highest BCUT2D eigenvalue weighted by molar-refractivity contribution is 5.63. The van der Waals surface area contributed by atoms with Gasteiger partial charge in [-0.2, -0.15) is 0 Å². The topological polar surface area (TPSA) is 63.8 Å². The number of benzene rings is 1. The van der Waals surface area contributed by atoms with Gasteiger partial charge in [0.05, 0.1) is 0 Å². The molecule has 0 amide bonds. The van der Waals surface area contributed by atoms with Crippen LogP contribution in [0.4, 0.5) is 21.7 Å². The highest BCUT2D eigenvalue weighted by atomic mass is 19.1. The lowest BCUT2D eigenvalue weighted by atomic mass is 10.2. The lowest BCUT2D eigenvalue weighted by Gasteiger charge is -2.11. The molecule has 0 aliphatic heterocycles. The van der Waals surface area contributed by atoms with Crippen molar-refractivity contribution in [3.63, 3.8) is 0 Å². The van der Waals surface area contributed by atoms with Crippen molar-refractivity contribution in [3.05, 3.63) is 41.5 Å². The standard InChI is InChI=1S/C13H15FN4/c1-3-11-17-12(15)8(2)13(18-11)16-10-6-4-9(14)5-7-10/h4-7H,3H2,1-2H3,(H3,15,16,17,18). The normalized spacial score (nSPS) is 10.4. The minimum absolute atomic E-state index is 0.270. The molecule has 4 nitrogen and oxygen atoms in total. The number of nitrogens with one attached hydrogen (secondary N) is 1. The Hall–Kier alpha value is -2.17. The predicted molar refractivity (Wildman–Crippen MR) is 70.2 cm³/mol. The van der Waals surface area contributed by atoms with Gasteiger partial charge in [-0.15, -0.1) is 0 Å². The van der Waals surface area contributed by atoms with Gasteiger partial charge in [0, 0.05) is 17.7 Å². The summed E-state index contributed by atoms with van der Waals surface area (Å²) in [6.07, 6.45) is 0.711. The molecule has 94 valence electrons. The molecule has 0 fully saturated rings. The molecular weight excluding hydrogens is 231 g/mol. The number of nitrogen functional groups attached to an aromatic ring is 1. The van der Waals surface area contributed by atoms with Crippen molar-refractivity contribution in [1.29, 1.82) is 0 Å². The predicted octanol–water partition coefficient (Wildman–Crippen LogP) is 2.81. The fourth-order valence-electron chi connectivity index (χ4n) is 1.53. The minimum atomic E-state index is -0.270. The number of rotatable bonds is 3. The van der Waals surface area contributed by atoms with E-state index in [0.717, 1.165) is 11.3 Å². The molecular formula is C13H15FN4. The van der Waals surface area contributed by atoms with E-state index in [0.29, 0.717) is 23.9 Å². The van der Waals surface area contributed by atoms with E-state index in [1.165, 1.54) is 12.1 Å². The van der Waals surface area contributed by atoms with Crippen molar-refractivity contribution in [3.8, 4) is 0 Å². The summed E-state index contributed by atoms with van der Waals surface area (Å²) in [6.45, 7) is 3.81. The zero-order valence-electron chi connectivity index (χ0n) is 10.4. The minimum Gasteiger partial charge on any atom is -0.383 e. The lowest BCUT2D eigenvalue weighted by molar-refractivity contribution is 0.628. The molecule has 0 saturated carbocycles. The Morgan fingerprint density at radius 1 is 1.22 bits per heavy atom. The second kappa shape index (κ2) is 5.00. The maximum atomic E-state index is 12.8. The van der Waals surface area contributed by atoms with Crippen molar-refractivity contribution in [1.82, 2.24) is 9.97 Å². The number of halogens is 1. The van der Waals surface area contributed by atoms with E-state index < -0.39 is 0 Å². The number of aryl methyl sites for hydroxylation is 1. The number of hydrogen-bond donors (Lipinski definition) is 2. The van der Waals surface area contributed by atoms with Crippen LogP contribution in [-0.4, -0.2) is 9.97 Å². The summed E-state index contributed by atoms with van der Waals surface area (Å²) in [7, 11) is 0. The van der Waals surface area contributed by atoms with Crippen LogP contribution in [0, 0.1) is 12.7 Å². The SMILES string of the molecule is CCc1nc(N)c(C)c(Nc2ccc(F)cc2)n1. The quantitative estimate of drug-likeness (QED) is 0.874. The summed E-state index contributed by atoms with van der Waals surface area (Å²) in [5.74, 6) is 1.54. The molecule has 0 spiro atoms. The Balaban J connectivity index is 2.33. The summed E-state index contributed by atoms with van der Waals surface area (Å²) in [6, 6.07) is 6.09. The van der Waals surface area contributed by atoms with Gasteiger partial charge >= 0.3 is 0 Å². The molecule has 2 aromatic rings. The third-order valence-corrected chi connectivity index (χ3v) is 2.65. The summed E-state index contributed by atoms with van der Waals surface area (Å²) in [4.78, 5) is 8.55. The van der Waals surface area contributed by atoms with Crippen molar-refractivity contribution in [2.45, 2.75) is 20.3 Å². The van der Waals surface area contributed by atoms with Gasteiger partial charge in [0.1, 0.15) is 23.3 Å². The van der Waals surface area contributed by atoms with E-state index in [9.17, 15) is 4.39 Å². The number of nitrogens with two attached hydrogens (primary N) is 1. The van der Waals surface area contributed by atoms with Gasteiger partial charge in [-0.05, 0) is 31.2 Å². The third-order valence-electron chi connectivity index (χ3n) is 2.65. The molecule has 0 atom stereocenters. The van der Waals surface area contributed by atoms with Gasteiger partial charge < -0.3 is 11.1 Å². The van der Waals surface area contributed by atoms with Crippen molar-refractivity contribution in [2.75, 3.05) is 11.1 Å². The van der Waals surface area contributed by atoms with Crippen LogP contribution in [0.5, 0.6) is 0 Å². The summed E-state index contributed by atoms with van der Waals surface area (Å²) < 4.78 is 12.8. The van der Waals surface area contributed by atoms with Gasteiger partial charge in [-0.1, -0.05) is 6.92 Å². The monoisotopic (exact) mass is 246 g/mol. The zero-order chi connectivity index (χ0) is 13.1. The van der Waals surface area contributed by atoms with Crippen molar-refractivity contribution >= 4 is 17.3 Å². The fourth-order valence-corrected chi connectivity index (χ4v) is 1.53. The molecule has 18 heavy (non-hydrogen) atoms. The van der Waals surface area contributed by atoms with Gasteiger partial charge in [0.2, 0.25) is 0 Å². The molecule has 3 N–H and O–H groups in total. The third kappa shape index (κ3) is 2.56. The largest absolute Gasteiger partial charge is 0.383 e. The highest BCUT2D eigenvalue weighted by Gasteiger charge is 2.08. The molecule has 1 heterocycles. The molecule has 1 aromatic heterocycles. The van der Waals surface area contributed by atoms with E-state index >= 15 is 0 Å². The highest BCUT2D eigenvalue weighted by Crippen LogP contribution is 2.22. The molecule has 0 aliphatic rings. The van der Waals surface area contributed by atoms with Crippen molar-refractivity contribution in [2.24, 2.45) is 0 Å².